The number of hydrogen-bond acceptors (Lipinski definition) is 6. The molecular weight excluding hydrogens is 377 g/mol. The van der Waals surface area contributed by atoms with Crippen LogP contribution >= 0.6 is 0 Å². The normalized spacial score (nSPS) is 19.8. The van der Waals surface area contributed by atoms with Crippen molar-refractivity contribution in [2.45, 2.75) is 24.4 Å². The molecule has 0 aromatic heterocycles. The summed E-state index contributed by atoms with van der Waals surface area (Å²) < 4.78 is 0. The molecule has 0 amide bonds. The molecule has 0 aromatic carbocycles. The second kappa shape index (κ2) is 7.99. The van der Waals surface area contributed by atoms with Crippen LogP contribution in [0.5, 0.6) is 0 Å². The number of rotatable bonds is 5. The zero-order valence-corrected chi connectivity index (χ0v) is 10.3. The molecule has 0 heterocycles. The van der Waals surface area contributed by atoms with Gasteiger partial charge < -0.3 is 30.6 Å². The predicted molar refractivity (Wildman–Crippen MR) is 44.0 cm³/mol. The maximum Gasteiger partial charge on any atom is 0.111 e. The van der Waals surface area contributed by atoms with Crippen molar-refractivity contribution in [3.63, 3.8) is 0 Å². The zero-order valence-electron chi connectivity index (χ0n) is 6.85. The van der Waals surface area contributed by atoms with Gasteiger partial charge >= 0.3 is 0 Å². The van der Waals surface area contributed by atoms with E-state index >= 15 is 0 Å². The molecule has 0 aliphatic heterocycles. The average molecular weight is 391 g/mol. The molecule has 0 fully saturated rings. The number of aliphatic hydroxyl groups excluding tert-OH is 6. The summed E-state index contributed by atoms with van der Waals surface area (Å²) >= 11 is 0. The van der Waals surface area contributed by atoms with Crippen molar-refractivity contribution in [3.8, 4) is 0 Å². The van der Waals surface area contributed by atoms with Crippen LogP contribution in [-0.4, -0.2) is 94.5 Å². The third-order valence-electron chi connectivity index (χ3n) is 1.51. The van der Waals surface area contributed by atoms with Gasteiger partial charge in [0.1, 0.15) is 24.4 Å². The summed E-state index contributed by atoms with van der Waals surface area (Å²) in [7, 11) is 0. The standard InChI is InChI=1S/C6H14O6.Bi/c7-1-3(9)5(11)6(12)4(10)2-8;/h3-12H,1-2H2;/t3-,4-,5-,6-;/m1./s1. The van der Waals surface area contributed by atoms with Crippen molar-refractivity contribution in [2.24, 2.45) is 0 Å². The quantitative estimate of drug-likeness (QED) is 0.266. The Morgan fingerprint density at radius 3 is 1.08 bits per heavy atom. The molecule has 13 heavy (non-hydrogen) atoms. The van der Waals surface area contributed by atoms with Crippen molar-refractivity contribution >= 4 is 26.2 Å². The Morgan fingerprint density at radius 1 is 0.692 bits per heavy atom. The van der Waals surface area contributed by atoms with Crippen LogP contribution in [0.25, 0.3) is 0 Å². The summed E-state index contributed by atoms with van der Waals surface area (Å²) in [4.78, 5) is 0. The molecule has 6 nitrogen and oxygen atoms in total. The zero-order chi connectivity index (χ0) is 9.72. The van der Waals surface area contributed by atoms with Gasteiger partial charge in [0.05, 0.1) is 13.2 Å². The van der Waals surface area contributed by atoms with Gasteiger partial charge in [0, 0.05) is 26.2 Å². The molecule has 0 aliphatic rings. The van der Waals surface area contributed by atoms with Crippen molar-refractivity contribution in [3.05, 3.63) is 0 Å². The van der Waals surface area contributed by atoms with Gasteiger partial charge in [-0.3, -0.25) is 0 Å². The van der Waals surface area contributed by atoms with E-state index in [-0.39, 0.29) is 26.2 Å². The van der Waals surface area contributed by atoms with E-state index in [1.807, 2.05) is 0 Å². The molecule has 7 heteroatoms. The molecular formula is C6H14BiO6. The average Bonchev–Trinajstić information content (AvgIpc) is 2.12. The monoisotopic (exact) mass is 391 g/mol. The summed E-state index contributed by atoms with van der Waals surface area (Å²) in [5.74, 6) is 0. The molecule has 6 N–H and O–H groups in total. The van der Waals surface area contributed by atoms with Crippen molar-refractivity contribution in [1.82, 2.24) is 0 Å². The number of hydrogen-bond donors (Lipinski definition) is 6. The first kappa shape index (κ1) is 16.1. The van der Waals surface area contributed by atoms with Gasteiger partial charge in [-0.2, -0.15) is 0 Å². The third kappa shape index (κ3) is 5.17. The maximum absolute atomic E-state index is 8.96. The Morgan fingerprint density at radius 2 is 0.923 bits per heavy atom. The van der Waals surface area contributed by atoms with Gasteiger partial charge in [-0.25, -0.2) is 0 Å². The van der Waals surface area contributed by atoms with Crippen molar-refractivity contribution in [1.29, 1.82) is 0 Å². The Hall–Kier alpha value is 0.643. The minimum absolute atomic E-state index is 0. The molecule has 0 saturated carbocycles. The van der Waals surface area contributed by atoms with E-state index in [1.54, 1.807) is 0 Å². The van der Waals surface area contributed by atoms with Crippen LogP contribution < -0.4 is 0 Å². The third-order valence-corrected chi connectivity index (χ3v) is 1.51. The van der Waals surface area contributed by atoms with Gasteiger partial charge in [-0.05, 0) is 0 Å². The Balaban J connectivity index is 0. The molecule has 4 atom stereocenters. The van der Waals surface area contributed by atoms with E-state index in [0.29, 0.717) is 0 Å². The fourth-order valence-corrected chi connectivity index (χ4v) is 0.671. The van der Waals surface area contributed by atoms with Crippen LogP contribution in [-0.2, 0) is 0 Å². The van der Waals surface area contributed by atoms with E-state index in [9.17, 15) is 0 Å². The second-order valence-electron chi connectivity index (χ2n) is 2.48. The summed E-state index contributed by atoms with van der Waals surface area (Å²) in [5.41, 5.74) is 0. The molecule has 0 saturated heterocycles. The van der Waals surface area contributed by atoms with Crippen LogP contribution in [0.4, 0.5) is 0 Å². The molecule has 3 radical (unpaired) electrons. The van der Waals surface area contributed by atoms with Gasteiger partial charge in [0.2, 0.25) is 0 Å². The van der Waals surface area contributed by atoms with Crippen molar-refractivity contribution in [2.75, 3.05) is 13.2 Å². The minimum atomic E-state index is -1.67. The molecule has 0 aliphatic carbocycles. The van der Waals surface area contributed by atoms with Crippen LogP contribution in [0, 0.1) is 0 Å². The largest absolute Gasteiger partial charge is 0.394 e. The molecule has 0 spiro atoms. The van der Waals surface area contributed by atoms with Crippen molar-refractivity contribution < 1.29 is 30.6 Å². The van der Waals surface area contributed by atoms with Crippen LogP contribution in [0.3, 0.4) is 0 Å². The predicted octanol–water partition coefficient (Wildman–Crippen LogP) is -3.97. The molecule has 0 unspecified atom stereocenters. The topological polar surface area (TPSA) is 121 Å². The molecule has 0 aromatic rings. The van der Waals surface area contributed by atoms with E-state index in [4.69, 9.17) is 30.6 Å². The first-order chi connectivity index (χ1) is 5.54. The molecule has 79 valence electrons. The Labute approximate surface area is 94.6 Å². The van der Waals surface area contributed by atoms with Gasteiger partial charge in [-0.1, -0.05) is 0 Å². The number of aliphatic hydroxyl groups is 6. The van der Waals surface area contributed by atoms with Gasteiger partial charge in [0.15, 0.2) is 0 Å². The smallest absolute Gasteiger partial charge is 0.111 e. The maximum atomic E-state index is 8.96. The van der Waals surface area contributed by atoms with E-state index in [2.05, 4.69) is 0 Å². The minimum Gasteiger partial charge on any atom is -0.394 e. The van der Waals surface area contributed by atoms with Gasteiger partial charge in [0.25, 0.3) is 0 Å². The Kier molecular flexibility index (Phi) is 9.89. The van der Waals surface area contributed by atoms with E-state index in [0.717, 1.165) is 0 Å². The van der Waals surface area contributed by atoms with Crippen LogP contribution in [0.2, 0.25) is 0 Å². The van der Waals surface area contributed by atoms with E-state index < -0.39 is 37.6 Å². The van der Waals surface area contributed by atoms with Crippen LogP contribution in [0.1, 0.15) is 0 Å². The Bertz CT molecular complexity index is 110. The summed E-state index contributed by atoms with van der Waals surface area (Å²) in [6.07, 6.45) is -6.39. The summed E-state index contributed by atoms with van der Waals surface area (Å²) in [6.45, 7) is -1.45. The van der Waals surface area contributed by atoms with Gasteiger partial charge in [-0.15, -0.1) is 0 Å². The molecule has 0 bridgehead atoms. The summed E-state index contributed by atoms with van der Waals surface area (Å²) in [5, 5.41) is 52.2. The first-order valence-corrected chi connectivity index (χ1v) is 3.48. The SMILES string of the molecule is OC[C@@H](O)[C@@H](O)[C@H](O)[C@H](O)CO.[Bi]. The fraction of sp³-hybridized carbons (Fsp3) is 1.00. The molecule has 0 rings (SSSR count). The fourth-order valence-electron chi connectivity index (χ4n) is 0.671. The van der Waals surface area contributed by atoms with E-state index in [1.165, 1.54) is 0 Å². The second-order valence-corrected chi connectivity index (χ2v) is 2.48. The van der Waals surface area contributed by atoms with Crippen LogP contribution in [0.15, 0.2) is 0 Å². The summed E-state index contributed by atoms with van der Waals surface area (Å²) in [6, 6.07) is 0. The first-order valence-electron chi connectivity index (χ1n) is 3.48.